The van der Waals surface area contributed by atoms with Gasteiger partial charge in [-0.2, -0.15) is 0 Å². The van der Waals surface area contributed by atoms with Gasteiger partial charge in [0.2, 0.25) is 0 Å². The molecule has 15 heavy (non-hydrogen) atoms. The first-order chi connectivity index (χ1) is 7.08. The van der Waals surface area contributed by atoms with Crippen LogP contribution < -0.4 is 9.47 Å². The van der Waals surface area contributed by atoms with Gasteiger partial charge in [0, 0.05) is 8.90 Å². The molecule has 0 saturated carbocycles. The average Bonchev–Trinajstić information content (AvgIpc) is 2.19. The minimum atomic E-state index is 0.155. The van der Waals surface area contributed by atoms with E-state index in [2.05, 4.69) is 38.5 Å². The predicted molar refractivity (Wildman–Crippen MR) is 74.2 cm³/mol. The maximum Gasteiger partial charge on any atom is 0.161 e. The molecule has 0 N–H and O–H groups in total. The van der Waals surface area contributed by atoms with Gasteiger partial charge in [-0.1, -0.05) is 38.5 Å². The van der Waals surface area contributed by atoms with Crippen molar-refractivity contribution >= 4 is 38.5 Å². The van der Waals surface area contributed by atoms with Crippen LogP contribution in [0.5, 0.6) is 11.5 Å². The van der Waals surface area contributed by atoms with E-state index in [0.717, 1.165) is 20.4 Å². The third-order valence-corrected chi connectivity index (χ3v) is 3.40. The Labute approximate surface area is 113 Å². The monoisotopic (exact) mass is 384 g/mol. The molecule has 0 aromatic heterocycles. The summed E-state index contributed by atoms with van der Waals surface area (Å²) in [6, 6.07) is 3.97. The highest BCUT2D eigenvalue weighted by molar-refractivity contribution is 14.1. The van der Waals surface area contributed by atoms with Gasteiger partial charge in [0.25, 0.3) is 0 Å². The Morgan fingerprint density at radius 3 is 2.47 bits per heavy atom. The van der Waals surface area contributed by atoms with Crippen LogP contribution in [0.2, 0.25) is 0 Å². The first-order valence-corrected chi connectivity index (χ1v) is 6.99. The third-order valence-electron chi connectivity index (χ3n) is 1.84. The number of alkyl halides is 1. The smallest absolute Gasteiger partial charge is 0.161 e. The summed E-state index contributed by atoms with van der Waals surface area (Å²) in [5, 5.41) is 0. The Bertz CT molecular complexity index is 340. The van der Waals surface area contributed by atoms with Crippen molar-refractivity contribution in [1.82, 2.24) is 0 Å². The van der Waals surface area contributed by atoms with Crippen LogP contribution in [-0.4, -0.2) is 13.2 Å². The van der Waals surface area contributed by atoms with Crippen molar-refractivity contribution in [3.63, 3.8) is 0 Å². The molecule has 4 heteroatoms. The van der Waals surface area contributed by atoms with E-state index in [-0.39, 0.29) is 6.10 Å². The van der Waals surface area contributed by atoms with Crippen molar-refractivity contribution in [2.24, 2.45) is 0 Å². The first kappa shape index (κ1) is 13.1. The van der Waals surface area contributed by atoms with Crippen molar-refractivity contribution in [3.05, 3.63) is 22.2 Å². The Hall–Kier alpha value is 0.0300. The highest BCUT2D eigenvalue weighted by Gasteiger charge is 2.10. The molecule has 1 aromatic rings. The lowest BCUT2D eigenvalue weighted by atomic mass is 10.2. The van der Waals surface area contributed by atoms with Crippen molar-refractivity contribution in [3.8, 4) is 11.5 Å². The van der Waals surface area contributed by atoms with E-state index in [1.807, 2.05) is 26.0 Å². The number of hydrogen-bond acceptors (Lipinski definition) is 2. The fraction of sp³-hybridized carbons (Fsp3) is 0.455. The van der Waals surface area contributed by atoms with Crippen molar-refractivity contribution in [1.29, 1.82) is 0 Å². The molecule has 0 spiro atoms. The summed E-state index contributed by atoms with van der Waals surface area (Å²) in [6.45, 7) is 4.01. The number of halogens is 2. The number of ether oxygens (including phenoxy) is 2. The van der Waals surface area contributed by atoms with E-state index in [4.69, 9.17) is 9.47 Å². The second-order valence-electron chi connectivity index (χ2n) is 3.39. The highest BCUT2D eigenvalue weighted by atomic mass is 127. The quantitative estimate of drug-likeness (QED) is 0.572. The molecule has 0 amide bonds. The molecule has 0 aliphatic heterocycles. The molecule has 2 nitrogen and oxygen atoms in total. The van der Waals surface area contributed by atoms with E-state index in [0.29, 0.717) is 0 Å². The molecule has 1 rings (SSSR count). The molecule has 0 fully saturated rings. The summed E-state index contributed by atoms with van der Waals surface area (Å²) >= 11 is 5.83. The van der Waals surface area contributed by atoms with Crippen molar-refractivity contribution < 1.29 is 9.47 Å². The predicted octanol–water partition coefficient (Wildman–Crippen LogP) is 4.18. The normalized spacial score (nSPS) is 10.5. The molecule has 0 bridgehead atoms. The largest absolute Gasteiger partial charge is 0.493 e. The Kier molecular flexibility index (Phi) is 5.18. The Morgan fingerprint density at radius 1 is 1.33 bits per heavy atom. The molecule has 84 valence electrons. The zero-order valence-electron chi connectivity index (χ0n) is 9.01. The summed E-state index contributed by atoms with van der Waals surface area (Å²) in [6.07, 6.45) is 0.155. The zero-order chi connectivity index (χ0) is 11.4. The van der Waals surface area contributed by atoms with Gasteiger partial charge in [-0.25, -0.2) is 0 Å². The molecule has 0 atom stereocenters. The molecular formula is C11H14BrIO2. The van der Waals surface area contributed by atoms with Crippen LogP contribution in [0.4, 0.5) is 0 Å². The van der Waals surface area contributed by atoms with Crippen LogP contribution in [0.15, 0.2) is 16.6 Å². The fourth-order valence-corrected chi connectivity index (χ4v) is 2.80. The van der Waals surface area contributed by atoms with Gasteiger partial charge in [-0.3, -0.25) is 0 Å². The van der Waals surface area contributed by atoms with Gasteiger partial charge in [0.15, 0.2) is 11.5 Å². The van der Waals surface area contributed by atoms with Crippen LogP contribution in [0.3, 0.4) is 0 Å². The number of rotatable bonds is 4. The average molecular weight is 385 g/mol. The topological polar surface area (TPSA) is 18.5 Å². The van der Waals surface area contributed by atoms with E-state index in [9.17, 15) is 0 Å². The second-order valence-corrected chi connectivity index (χ2v) is 5.01. The lowest BCUT2D eigenvalue weighted by Gasteiger charge is -2.15. The lowest BCUT2D eigenvalue weighted by molar-refractivity contribution is 0.230. The lowest BCUT2D eigenvalue weighted by Crippen LogP contribution is -2.07. The van der Waals surface area contributed by atoms with Crippen LogP contribution in [0.1, 0.15) is 19.4 Å². The molecule has 0 saturated heterocycles. The summed E-state index contributed by atoms with van der Waals surface area (Å²) in [7, 11) is 1.65. The summed E-state index contributed by atoms with van der Waals surface area (Å²) in [5.41, 5.74) is 1.21. The maximum absolute atomic E-state index is 5.68. The standard InChI is InChI=1S/C11H14BrIO2/c1-7(2)15-11-4-8(6-13)9(12)5-10(11)14-3/h4-5,7H,6H2,1-3H3. The van der Waals surface area contributed by atoms with Gasteiger partial charge >= 0.3 is 0 Å². The van der Waals surface area contributed by atoms with Gasteiger partial charge in [-0.05, 0) is 31.5 Å². The van der Waals surface area contributed by atoms with Crippen molar-refractivity contribution in [2.45, 2.75) is 24.4 Å². The molecule has 0 radical (unpaired) electrons. The highest BCUT2D eigenvalue weighted by Crippen LogP contribution is 2.35. The molecular weight excluding hydrogens is 371 g/mol. The number of hydrogen-bond donors (Lipinski definition) is 0. The minimum Gasteiger partial charge on any atom is -0.493 e. The first-order valence-electron chi connectivity index (χ1n) is 4.67. The molecule has 0 heterocycles. The summed E-state index contributed by atoms with van der Waals surface area (Å²) in [4.78, 5) is 0. The van der Waals surface area contributed by atoms with E-state index < -0.39 is 0 Å². The van der Waals surface area contributed by atoms with Gasteiger partial charge < -0.3 is 9.47 Å². The van der Waals surface area contributed by atoms with Gasteiger partial charge in [0.1, 0.15) is 0 Å². The summed E-state index contributed by atoms with van der Waals surface area (Å²) in [5.74, 6) is 1.58. The van der Waals surface area contributed by atoms with Crippen LogP contribution in [0.25, 0.3) is 0 Å². The van der Waals surface area contributed by atoms with Gasteiger partial charge in [0.05, 0.1) is 13.2 Å². The van der Waals surface area contributed by atoms with Crippen molar-refractivity contribution in [2.75, 3.05) is 7.11 Å². The van der Waals surface area contributed by atoms with Crippen LogP contribution in [0, 0.1) is 0 Å². The van der Waals surface area contributed by atoms with E-state index >= 15 is 0 Å². The Morgan fingerprint density at radius 2 is 2.00 bits per heavy atom. The van der Waals surface area contributed by atoms with E-state index in [1.54, 1.807) is 7.11 Å². The third kappa shape index (κ3) is 3.52. The molecule has 0 unspecified atom stereocenters. The molecule has 0 aliphatic rings. The SMILES string of the molecule is COc1cc(Br)c(CI)cc1OC(C)C. The number of methoxy groups -OCH3 is 1. The van der Waals surface area contributed by atoms with Gasteiger partial charge in [-0.15, -0.1) is 0 Å². The molecule has 1 aromatic carbocycles. The maximum atomic E-state index is 5.68. The fourth-order valence-electron chi connectivity index (χ4n) is 1.19. The summed E-state index contributed by atoms with van der Waals surface area (Å²) < 4.78 is 13.0. The molecule has 0 aliphatic carbocycles. The van der Waals surface area contributed by atoms with Crippen LogP contribution in [-0.2, 0) is 4.43 Å². The second kappa shape index (κ2) is 5.94. The number of benzene rings is 1. The van der Waals surface area contributed by atoms with E-state index in [1.165, 1.54) is 5.56 Å². The zero-order valence-corrected chi connectivity index (χ0v) is 12.8. The Balaban J connectivity index is 3.10. The van der Waals surface area contributed by atoms with Crippen LogP contribution >= 0.6 is 38.5 Å². The minimum absolute atomic E-state index is 0.155.